The van der Waals surface area contributed by atoms with Crippen molar-refractivity contribution in [2.45, 2.75) is 92.5 Å². The maximum absolute atomic E-state index is 14.3. The number of hydrogen-bond donors (Lipinski definition) is 2. The van der Waals surface area contributed by atoms with Crippen LogP contribution in [0.25, 0.3) is 0 Å². The van der Waals surface area contributed by atoms with Gasteiger partial charge in [0.05, 0.1) is 0 Å². The van der Waals surface area contributed by atoms with E-state index in [1.165, 1.54) is 0 Å². The number of rotatable bonds is 7. The van der Waals surface area contributed by atoms with E-state index < -0.39 is 35.2 Å². The van der Waals surface area contributed by atoms with Crippen molar-refractivity contribution in [1.29, 1.82) is 0 Å². The van der Waals surface area contributed by atoms with Crippen molar-refractivity contribution in [3.8, 4) is 12.3 Å². The fourth-order valence-electron chi connectivity index (χ4n) is 4.33. The highest BCUT2D eigenvalue weighted by Crippen LogP contribution is 2.33. The van der Waals surface area contributed by atoms with Gasteiger partial charge >= 0.3 is 6.09 Å². The third-order valence-corrected chi connectivity index (χ3v) is 6.19. The molecule has 210 valence electrons. The molecule has 0 saturated carbocycles. The second-order valence-electron chi connectivity index (χ2n) is 12.2. The van der Waals surface area contributed by atoms with Crippen molar-refractivity contribution >= 4 is 23.6 Å². The van der Waals surface area contributed by atoms with Gasteiger partial charge in [-0.1, -0.05) is 50.1 Å². The number of aryl methyl sites for hydroxylation is 2. The summed E-state index contributed by atoms with van der Waals surface area (Å²) in [5, 5.41) is 5.81. The molecule has 2 N–H and O–H groups in total. The van der Waals surface area contributed by atoms with Crippen molar-refractivity contribution in [3.05, 3.63) is 64.7 Å². The molecule has 0 heterocycles. The fourth-order valence-corrected chi connectivity index (χ4v) is 4.33. The summed E-state index contributed by atoms with van der Waals surface area (Å²) in [6.07, 6.45) is 4.87. The summed E-state index contributed by atoms with van der Waals surface area (Å²) in [5.41, 5.74) is 2.24. The van der Waals surface area contributed by atoms with Gasteiger partial charge in [-0.3, -0.25) is 9.59 Å². The third kappa shape index (κ3) is 8.35. The van der Waals surface area contributed by atoms with Crippen LogP contribution < -0.4 is 10.6 Å². The van der Waals surface area contributed by atoms with E-state index in [1.54, 1.807) is 49.9 Å². The Labute approximate surface area is 233 Å². The molecule has 7 nitrogen and oxygen atoms in total. The molecule has 2 atom stereocenters. The summed E-state index contributed by atoms with van der Waals surface area (Å²) in [4.78, 5) is 42.7. The van der Waals surface area contributed by atoms with E-state index >= 15 is 0 Å². The number of nitrogens with zero attached hydrogens (tertiary/aromatic N) is 1. The van der Waals surface area contributed by atoms with Crippen molar-refractivity contribution < 1.29 is 19.1 Å². The molecule has 0 aliphatic rings. The summed E-state index contributed by atoms with van der Waals surface area (Å²) in [6, 6.07) is 10.9. The van der Waals surface area contributed by atoms with Crippen molar-refractivity contribution in [1.82, 2.24) is 10.2 Å². The number of benzene rings is 2. The topological polar surface area (TPSA) is 87.7 Å². The molecule has 39 heavy (non-hydrogen) atoms. The third-order valence-electron chi connectivity index (χ3n) is 6.19. The van der Waals surface area contributed by atoms with Gasteiger partial charge in [0.2, 0.25) is 5.91 Å². The van der Waals surface area contributed by atoms with E-state index in [-0.39, 0.29) is 11.8 Å². The minimum Gasteiger partial charge on any atom is -0.444 e. The Kier molecular flexibility index (Phi) is 9.97. The lowest BCUT2D eigenvalue weighted by Gasteiger charge is -2.43. The SMILES string of the molecule is C#Cc1ccc(C(C(=O)Nc2c(C)cccc2C)N(C(=O)C(NC(=O)OC(C)(C)C)C(C)C)C(C)(C)C)cc1. The lowest BCUT2D eigenvalue weighted by Crippen LogP contribution is -2.59. The molecule has 2 rings (SSSR count). The standard InChI is InChI=1S/C32H43N3O4/c1-12-23-16-18-24(19-17-23)27(28(36)33-26-21(4)14-13-15-22(26)5)35(31(6,7)8)29(37)25(20(2)3)34-30(38)39-32(9,10)11/h1,13-20,25,27H,2-11H3,(H,33,36)(H,34,38). The van der Waals surface area contributed by atoms with Crippen LogP contribution in [0, 0.1) is 32.1 Å². The lowest BCUT2D eigenvalue weighted by atomic mass is 9.92. The number of nitrogens with one attached hydrogen (secondary N) is 2. The van der Waals surface area contributed by atoms with Gasteiger partial charge in [0.1, 0.15) is 17.7 Å². The zero-order chi connectivity index (χ0) is 29.7. The summed E-state index contributed by atoms with van der Waals surface area (Å²) in [6.45, 7) is 18.4. The van der Waals surface area contributed by atoms with Crippen LogP contribution in [0.2, 0.25) is 0 Å². The highest BCUT2D eigenvalue weighted by atomic mass is 16.6. The number of anilines is 1. The first-order chi connectivity index (χ1) is 18.0. The number of carbonyl (C=O) groups excluding carboxylic acids is 3. The summed E-state index contributed by atoms with van der Waals surface area (Å²) >= 11 is 0. The molecule has 0 spiro atoms. The molecule has 0 bridgehead atoms. The van der Waals surface area contributed by atoms with Gasteiger partial charge in [-0.25, -0.2) is 4.79 Å². The molecule has 0 radical (unpaired) electrons. The number of para-hydroxylation sites is 1. The maximum Gasteiger partial charge on any atom is 0.408 e. The first kappa shape index (κ1) is 31.4. The van der Waals surface area contributed by atoms with Crippen LogP contribution in [0.5, 0.6) is 0 Å². The minimum atomic E-state index is -1.01. The number of ether oxygens (including phenoxy) is 1. The Hall–Kier alpha value is -3.79. The molecule has 2 aromatic carbocycles. The van der Waals surface area contributed by atoms with E-state index in [4.69, 9.17) is 11.2 Å². The molecule has 0 aliphatic heterocycles. The van der Waals surface area contributed by atoms with Crippen LogP contribution in [0.4, 0.5) is 10.5 Å². The molecule has 3 amide bonds. The fraction of sp³-hybridized carbons (Fsp3) is 0.469. The monoisotopic (exact) mass is 533 g/mol. The first-order valence-electron chi connectivity index (χ1n) is 13.2. The Morgan fingerprint density at radius 1 is 0.923 bits per heavy atom. The van der Waals surface area contributed by atoms with Gasteiger partial charge in [-0.2, -0.15) is 0 Å². The molecular weight excluding hydrogens is 490 g/mol. The zero-order valence-electron chi connectivity index (χ0n) is 24.9. The summed E-state index contributed by atoms with van der Waals surface area (Å²) < 4.78 is 5.44. The quantitative estimate of drug-likeness (QED) is 0.419. The van der Waals surface area contributed by atoms with Crippen LogP contribution in [-0.2, 0) is 14.3 Å². The van der Waals surface area contributed by atoms with E-state index in [2.05, 4.69) is 16.6 Å². The van der Waals surface area contributed by atoms with E-state index in [0.717, 1.165) is 11.1 Å². The number of carbonyl (C=O) groups is 3. The molecular formula is C32H43N3O4. The number of terminal acetylenes is 1. The minimum absolute atomic E-state index is 0.277. The highest BCUT2D eigenvalue weighted by Gasteiger charge is 2.42. The van der Waals surface area contributed by atoms with E-state index in [0.29, 0.717) is 16.8 Å². The second kappa shape index (κ2) is 12.4. The highest BCUT2D eigenvalue weighted by molar-refractivity contribution is 6.00. The van der Waals surface area contributed by atoms with Crippen LogP contribution in [0.3, 0.4) is 0 Å². The normalized spacial score (nSPS) is 13.2. The van der Waals surface area contributed by atoms with Crippen molar-refractivity contribution in [2.75, 3.05) is 5.32 Å². The van der Waals surface area contributed by atoms with Crippen LogP contribution >= 0.6 is 0 Å². The number of alkyl carbamates (subject to hydrolysis) is 1. The first-order valence-corrected chi connectivity index (χ1v) is 13.2. The van der Waals surface area contributed by atoms with Gasteiger partial charge in [0.25, 0.3) is 5.91 Å². The molecule has 0 aliphatic carbocycles. The van der Waals surface area contributed by atoms with E-state index in [9.17, 15) is 14.4 Å². The smallest absolute Gasteiger partial charge is 0.408 e. The zero-order valence-corrected chi connectivity index (χ0v) is 24.9. The molecule has 0 saturated heterocycles. The van der Waals surface area contributed by atoms with Gasteiger partial charge in [0.15, 0.2) is 0 Å². The maximum atomic E-state index is 14.3. The Morgan fingerprint density at radius 3 is 1.90 bits per heavy atom. The van der Waals surface area contributed by atoms with Crippen molar-refractivity contribution in [3.63, 3.8) is 0 Å². The van der Waals surface area contributed by atoms with Gasteiger partial charge in [-0.05, 0) is 90.1 Å². The lowest BCUT2D eigenvalue weighted by molar-refractivity contribution is -0.147. The Balaban J connectivity index is 2.64. The molecule has 2 unspecified atom stereocenters. The molecule has 0 fully saturated rings. The van der Waals surface area contributed by atoms with Gasteiger partial charge in [0, 0.05) is 16.8 Å². The predicted octanol–water partition coefficient (Wildman–Crippen LogP) is 6.14. The Bertz CT molecular complexity index is 1210. The largest absolute Gasteiger partial charge is 0.444 e. The summed E-state index contributed by atoms with van der Waals surface area (Å²) in [7, 11) is 0. The van der Waals surface area contributed by atoms with Crippen LogP contribution in [-0.4, -0.2) is 40.0 Å². The molecule has 7 heteroatoms. The average Bonchev–Trinajstić information content (AvgIpc) is 2.81. The van der Waals surface area contributed by atoms with Crippen LogP contribution in [0.15, 0.2) is 42.5 Å². The average molecular weight is 534 g/mol. The van der Waals surface area contributed by atoms with Gasteiger partial charge in [-0.15, -0.1) is 6.42 Å². The predicted molar refractivity (Wildman–Crippen MR) is 156 cm³/mol. The van der Waals surface area contributed by atoms with Gasteiger partial charge < -0.3 is 20.3 Å². The van der Waals surface area contributed by atoms with Crippen LogP contribution in [0.1, 0.15) is 83.7 Å². The van der Waals surface area contributed by atoms with Crippen molar-refractivity contribution in [2.24, 2.45) is 5.92 Å². The summed E-state index contributed by atoms with van der Waals surface area (Å²) in [5.74, 6) is 1.54. The van der Waals surface area contributed by atoms with E-state index in [1.807, 2.05) is 66.7 Å². The Morgan fingerprint density at radius 2 is 1.46 bits per heavy atom. The molecule has 2 aromatic rings. The second-order valence-corrected chi connectivity index (χ2v) is 12.2. The number of amides is 3. The number of hydrogen-bond acceptors (Lipinski definition) is 4. The molecule has 0 aromatic heterocycles.